The van der Waals surface area contributed by atoms with E-state index < -0.39 is 0 Å². The second-order valence-electron chi connectivity index (χ2n) is 5.51. The summed E-state index contributed by atoms with van der Waals surface area (Å²) in [6.45, 7) is 0. The van der Waals surface area contributed by atoms with Gasteiger partial charge in [0.15, 0.2) is 0 Å². The lowest BCUT2D eigenvalue weighted by atomic mass is 9.90. The van der Waals surface area contributed by atoms with E-state index in [-0.39, 0.29) is 18.1 Å². The van der Waals surface area contributed by atoms with Crippen LogP contribution in [0.1, 0.15) is 29.5 Å². The summed E-state index contributed by atoms with van der Waals surface area (Å²) >= 11 is 0. The Kier molecular flexibility index (Phi) is 4.00. The molecular weight excluding hydrogens is 265 g/mol. The van der Waals surface area contributed by atoms with Crippen molar-refractivity contribution in [2.45, 2.75) is 32.1 Å². The lowest BCUT2D eigenvalue weighted by molar-refractivity contribution is -0.115. The lowest BCUT2D eigenvalue weighted by Gasteiger charge is -2.19. The Hall–Kier alpha value is -2.16. The molecular formula is C18H18FNO. The monoisotopic (exact) mass is 283 g/mol. The average molecular weight is 283 g/mol. The van der Waals surface area contributed by atoms with Crippen LogP contribution in [0, 0.1) is 5.82 Å². The maximum atomic E-state index is 13.1. The highest BCUT2D eigenvalue weighted by atomic mass is 19.1. The van der Waals surface area contributed by atoms with E-state index in [0.717, 1.165) is 18.5 Å². The highest BCUT2D eigenvalue weighted by Gasteiger charge is 2.14. The van der Waals surface area contributed by atoms with Crippen molar-refractivity contribution in [1.29, 1.82) is 0 Å². The highest BCUT2D eigenvalue weighted by Crippen LogP contribution is 2.27. The largest absolute Gasteiger partial charge is 0.326 e. The second-order valence-corrected chi connectivity index (χ2v) is 5.51. The van der Waals surface area contributed by atoms with E-state index in [1.807, 2.05) is 12.1 Å². The first kappa shape index (κ1) is 13.8. The van der Waals surface area contributed by atoms with E-state index in [9.17, 15) is 9.18 Å². The highest BCUT2D eigenvalue weighted by molar-refractivity contribution is 5.93. The van der Waals surface area contributed by atoms with Crippen molar-refractivity contribution < 1.29 is 9.18 Å². The summed E-state index contributed by atoms with van der Waals surface area (Å²) < 4.78 is 13.1. The number of carbonyl (C=O) groups is 1. The van der Waals surface area contributed by atoms with E-state index in [2.05, 4.69) is 11.4 Å². The molecule has 0 heterocycles. The molecule has 0 aliphatic heterocycles. The number of anilines is 1. The van der Waals surface area contributed by atoms with Gasteiger partial charge < -0.3 is 5.32 Å². The summed E-state index contributed by atoms with van der Waals surface area (Å²) in [5.74, 6) is -0.406. The van der Waals surface area contributed by atoms with Gasteiger partial charge in [-0.25, -0.2) is 4.39 Å². The Labute approximate surface area is 124 Å². The molecule has 108 valence electrons. The Bertz CT molecular complexity index is 666. The van der Waals surface area contributed by atoms with Crippen molar-refractivity contribution in [2.75, 3.05) is 5.32 Å². The number of fused-ring (bicyclic) bond motifs is 1. The minimum Gasteiger partial charge on any atom is -0.326 e. The zero-order valence-corrected chi connectivity index (χ0v) is 11.9. The van der Waals surface area contributed by atoms with E-state index in [0.29, 0.717) is 5.56 Å². The standard InChI is InChI=1S/C18H18FNO/c19-15-8-3-5-13(11-15)12-18(21)20-17-10-4-7-14-6-1-2-9-16(14)17/h3-5,7-8,10-11H,1-2,6,9,12H2,(H,20,21). The van der Waals surface area contributed by atoms with Crippen LogP contribution >= 0.6 is 0 Å². The van der Waals surface area contributed by atoms with Crippen LogP contribution in [0.25, 0.3) is 0 Å². The Balaban J connectivity index is 1.73. The Morgan fingerprint density at radius 1 is 1.10 bits per heavy atom. The van der Waals surface area contributed by atoms with Gasteiger partial charge in [0.05, 0.1) is 6.42 Å². The maximum absolute atomic E-state index is 13.1. The fourth-order valence-electron chi connectivity index (χ4n) is 2.93. The molecule has 0 unspecified atom stereocenters. The molecule has 0 fully saturated rings. The molecule has 2 nitrogen and oxygen atoms in total. The number of amides is 1. The van der Waals surface area contributed by atoms with Gasteiger partial charge in [0.1, 0.15) is 5.82 Å². The van der Waals surface area contributed by atoms with Crippen molar-refractivity contribution in [2.24, 2.45) is 0 Å². The van der Waals surface area contributed by atoms with Gasteiger partial charge in [-0.1, -0.05) is 24.3 Å². The van der Waals surface area contributed by atoms with Crippen LogP contribution in [0.4, 0.5) is 10.1 Å². The zero-order valence-electron chi connectivity index (χ0n) is 11.9. The average Bonchev–Trinajstić information content (AvgIpc) is 2.47. The van der Waals surface area contributed by atoms with Crippen LogP contribution in [-0.4, -0.2) is 5.91 Å². The molecule has 0 aromatic heterocycles. The number of halogens is 1. The molecule has 0 bridgehead atoms. The molecule has 0 saturated carbocycles. The first-order chi connectivity index (χ1) is 10.2. The number of aryl methyl sites for hydroxylation is 1. The Morgan fingerprint density at radius 3 is 2.76 bits per heavy atom. The topological polar surface area (TPSA) is 29.1 Å². The SMILES string of the molecule is O=C(Cc1cccc(F)c1)Nc1cccc2c1CCCC2. The molecule has 3 heteroatoms. The van der Waals surface area contributed by atoms with Crippen LogP contribution in [-0.2, 0) is 24.1 Å². The fraction of sp³-hybridized carbons (Fsp3) is 0.278. The quantitative estimate of drug-likeness (QED) is 0.910. The summed E-state index contributed by atoms with van der Waals surface area (Å²) in [5, 5.41) is 2.98. The minimum atomic E-state index is -0.308. The molecule has 1 aliphatic carbocycles. The van der Waals surface area contributed by atoms with Crippen molar-refractivity contribution in [1.82, 2.24) is 0 Å². The van der Waals surface area contributed by atoms with Gasteiger partial charge >= 0.3 is 0 Å². The normalized spacial score (nSPS) is 13.6. The number of rotatable bonds is 3. The number of hydrogen-bond donors (Lipinski definition) is 1. The lowest BCUT2D eigenvalue weighted by Crippen LogP contribution is -2.17. The maximum Gasteiger partial charge on any atom is 0.228 e. The van der Waals surface area contributed by atoms with E-state index in [1.165, 1.54) is 36.1 Å². The van der Waals surface area contributed by atoms with E-state index >= 15 is 0 Å². The zero-order chi connectivity index (χ0) is 14.7. The molecule has 1 aliphatic rings. The number of nitrogens with one attached hydrogen (secondary N) is 1. The van der Waals surface area contributed by atoms with Crippen LogP contribution in [0.3, 0.4) is 0 Å². The van der Waals surface area contributed by atoms with Gasteiger partial charge in [-0.3, -0.25) is 4.79 Å². The summed E-state index contributed by atoms with van der Waals surface area (Å²) in [7, 11) is 0. The van der Waals surface area contributed by atoms with Crippen molar-refractivity contribution >= 4 is 11.6 Å². The molecule has 1 N–H and O–H groups in total. The second kappa shape index (κ2) is 6.08. The van der Waals surface area contributed by atoms with Gasteiger partial charge in [-0.05, 0) is 60.6 Å². The van der Waals surface area contributed by atoms with E-state index in [4.69, 9.17) is 0 Å². The third kappa shape index (κ3) is 3.30. The summed E-state index contributed by atoms with van der Waals surface area (Å²) in [4.78, 5) is 12.1. The molecule has 3 rings (SSSR count). The van der Waals surface area contributed by atoms with Crippen molar-refractivity contribution in [3.05, 3.63) is 65.0 Å². The van der Waals surface area contributed by atoms with Crippen LogP contribution in [0.5, 0.6) is 0 Å². The first-order valence-corrected chi connectivity index (χ1v) is 7.37. The molecule has 1 amide bonds. The van der Waals surface area contributed by atoms with Crippen LogP contribution < -0.4 is 5.32 Å². The fourth-order valence-corrected chi connectivity index (χ4v) is 2.93. The van der Waals surface area contributed by atoms with Crippen molar-refractivity contribution in [3.8, 4) is 0 Å². The molecule has 2 aromatic rings. The summed E-state index contributed by atoms with van der Waals surface area (Å²) in [6, 6.07) is 12.3. The smallest absolute Gasteiger partial charge is 0.228 e. The third-order valence-electron chi connectivity index (χ3n) is 3.92. The molecule has 0 spiro atoms. The van der Waals surface area contributed by atoms with E-state index in [1.54, 1.807) is 12.1 Å². The molecule has 0 radical (unpaired) electrons. The van der Waals surface area contributed by atoms with Gasteiger partial charge in [0, 0.05) is 5.69 Å². The molecule has 21 heavy (non-hydrogen) atoms. The number of carbonyl (C=O) groups excluding carboxylic acids is 1. The predicted octanol–water partition coefficient (Wildman–Crippen LogP) is 3.89. The van der Waals surface area contributed by atoms with Crippen LogP contribution in [0.2, 0.25) is 0 Å². The molecule has 0 atom stereocenters. The van der Waals surface area contributed by atoms with Gasteiger partial charge in [0.2, 0.25) is 5.91 Å². The van der Waals surface area contributed by atoms with Crippen molar-refractivity contribution in [3.63, 3.8) is 0 Å². The number of benzene rings is 2. The molecule has 2 aromatic carbocycles. The predicted molar refractivity (Wildman–Crippen MR) is 81.8 cm³/mol. The summed E-state index contributed by atoms with van der Waals surface area (Å²) in [5.41, 5.74) is 4.20. The number of hydrogen-bond acceptors (Lipinski definition) is 1. The summed E-state index contributed by atoms with van der Waals surface area (Å²) in [6.07, 6.45) is 4.69. The Morgan fingerprint density at radius 2 is 1.90 bits per heavy atom. The van der Waals surface area contributed by atoms with Gasteiger partial charge in [-0.15, -0.1) is 0 Å². The van der Waals surface area contributed by atoms with Gasteiger partial charge in [0.25, 0.3) is 0 Å². The first-order valence-electron chi connectivity index (χ1n) is 7.37. The van der Waals surface area contributed by atoms with Crippen LogP contribution in [0.15, 0.2) is 42.5 Å². The minimum absolute atomic E-state index is 0.0976. The van der Waals surface area contributed by atoms with Gasteiger partial charge in [-0.2, -0.15) is 0 Å². The molecule has 0 saturated heterocycles. The third-order valence-corrected chi connectivity index (χ3v) is 3.92.